The second-order valence-electron chi connectivity index (χ2n) is 6.81. The molecule has 9 heteroatoms. The van der Waals surface area contributed by atoms with Crippen molar-refractivity contribution in [2.75, 3.05) is 0 Å². The number of rotatable bonds is 5. The fraction of sp³-hybridized carbons (Fsp3) is 0.143. The fourth-order valence-corrected chi connectivity index (χ4v) is 3.04. The molecule has 0 aliphatic heterocycles. The highest BCUT2D eigenvalue weighted by atomic mass is 19.1. The Morgan fingerprint density at radius 3 is 2.63 bits per heavy atom. The molecule has 150 valence electrons. The minimum Gasteiger partial charge on any atom is -0.342 e. The van der Waals surface area contributed by atoms with Crippen LogP contribution < -0.4 is 5.32 Å². The van der Waals surface area contributed by atoms with Crippen molar-refractivity contribution in [2.24, 2.45) is 0 Å². The molecule has 1 N–H and O–H groups in total. The van der Waals surface area contributed by atoms with Gasteiger partial charge >= 0.3 is 0 Å². The first-order chi connectivity index (χ1) is 14.5. The molecule has 0 bridgehead atoms. The van der Waals surface area contributed by atoms with Crippen LogP contribution in [0.25, 0.3) is 16.8 Å². The summed E-state index contributed by atoms with van der Waals surface area (Å²) in [6, 6.07) is 11.3. The largest absolute Gasteiger partial charge is 0.342 e. The summed E-state index contributed by atoms with van der Waals surface area (Å²) in [4.78, 5) is 21.3. The van der Waals surface area contributed by atoms with Crippen LogP contribution in [0.1, 0.15) is 34.7 Å². The second kappa shape index (κ2) is 8.16. The van der Waals surface area contributed by atoms with Gasteiger partial charge in [0, 0.05) is 23.5 Å². The first-order valence-electron chi connectivity index (χ1n) is 9.24. The third kappa shape index (κ3) is 4.04. The van der Waals surface area contributed by atoms with Crippen molar-refractivity contribution in [3.8, 4) is 16.8 Å². The molecule has 0 saturated carbocycles. The zero-order valence-corrected chi connectivity index (χ0v) is 16.3. The van der Waals surface area contributed by atoms with Crippen molar-refractivity contribution < 1.29 is 9.18 Å². The highest BCUT2D eigenvalue weighted by Gasteiger charge is 2.17. The SMILES string of the molecule is Cc1ccc(-c2cc(C(=O)NC(C)c3ncccn3)cc(-n3cnnn3)c2)c(F)c1. The number of tetrazole rings is 1. The lowest BCUT2D eigenvalue weighted by molar-refractivity contribution is 0.0938. The van der Waals surface area contributed by atoms with Gasteiger partial charge in [0.15, 0.2) is 0 Å². The maximum atomic E-state index is 14.6. The minimum absolute atomic E-state index is 0.334. The molecule has 0 saturated heterocycles. The number of aromatic nitrogens is 6. The van der Waals surface area contributed by atoms with Gasteiger partial charge in [-0.15, -0.1) is 5.10 Å². The van der Waals surface area contributed by atoms with E-state index in [0.29, 0.717) is 28.2 Å². The van der Waals surface area contributed by atoms with Gasteiger partial charge in [0.05, 0.1) is 11.7 Å². The van der Waals surface area contributed by atoms with E-state index in [0.717, 1.165) is 5.56 Å². The van der Waals surface area contributed by atoms with Crippen LogP contribution in [0.4, 0.5) is 4.39 Å². The molecule has 2 aromatic carbocycles. The molecule has 1 amide bonds. The van der Waals surface area contributed by atoms with Crippen LogP contribution in [0.2, 0.25) is 0 Å². The summed E-state index contributed by atoms with van der Waals surface area (Å²) < 4.78 is 16.0. The number of amides is 1. The van der Waals surface area contributed by atoms with Crippen molar-refractivity contribution >= 4 is 5.91 Å². The topological polar surface area (TPSA) is 98.5 Å². The van der Waals surface area contributed by atoms with E-state index in [1.54, 1.807) is 49.6 Å². The lowest BCUT2D eigenvalue weighted by atomic mass is 10.00. The van der Waals surface area contributed by atoms with Gasteiger partial charge in [-0.25, -0.2) is 19.0 Å². The molecule has 8 nitrogen and oxygen atoms in total. The van der Waals surface area contributed by atoms with Crippen LogP contribution in [-0.4, -0.2) is 36.1 Å². The summed E-state index contributed by atoms with van der Waals surface area (Å²) in [7, 11) is 0. The van der Waals surface area contributed by atoms with E-state index < -0.39 is 6.04 Å². The third-order valence-corrected chi connectivity index (χ3v) is 4.55. The van der Waals surface area contributed by atoms with E-state index in [9.17, 15) is 9.18 Å². The molecule has 0 aliphatic rings. The first kappa shape index (κ1) is 19.3. The molecule has 0 fully saturated rings. The van der Waals surface area contributed by atoms with Gasteiger partial charge in [0.2, 0.25) is 0 Å². The van der Waals surface area contributed by atoms with E-state index >= 15 is 0 Å². The molecule has 0 spiro atoms. The number of hydrogen-bond donors (Lipinski definition) is 1. The van der Waals surface area contributed by atoms with E-state index in [4.69, 9.17) is 0 Å². The lowest BCUT2D eigenvalue weighted by Crippen LogP contribution is -2.28. The molecule has 4 aromatic rings. The lowest BCUT2D eigenvalue weighted by Gasteiger charge is -2.14. The normalized spacial score (nSPS) is 11.8. The summed E-state index contributed by atoms with van der Waals surface area (Å²) >= 11 is 0. The molecule has 0 radical (unpaired) electrons. The summed E-state index contributed by atoms with van der Waals surface area (Å²) in [6.07, 6.45) is 4.63. The van der Waals surface area contributed by atoms with Crippen molar-refractivity contribution in [2.45, 2.75) is 19.9 Å². The molecule has 30 heavy (non-hydrogen) atoms. The molecule has 2 aromatic heterocycles. The van der Waals surface area contributed by atoms with Gasteiger partial charge < -0.3 is 5.32 Å². The van der Waals surface area contributed by atoms with Crippen LogP contribution in [0.15, 0.2) is 61.2 Å². The predicted molar refractivity (Wildman–Crippen MR) is 107 cm³/mol. The zero-order valence-electron chi connectivity index (χ0n) is 16.3. The zero-order chi connectivity index (χ0) is 21.1. The van der Waals surface area contributed by atoms with E-state index in [1.165, 1.54) is 17.1 Å². The summed E-state index contributed by atoms with van der Waals surface area (Å²) in [5, 5.41) is 14.0. The Hall–Kier alpha value is -4.01. The molecular formula is C21H18FN7O. The second-order valence-corrected chi connectivity index (χ2v) is 6.81. The highest BCUT2D eigenvalue weighted by Crippen LogP contribution is 2.27. The predicted octanol–water partition coefficient (Wildman–Crippen LogP) is 3.06. The number of nitrogens with zero attached hydrogens (tertiary/aromatic N) is 6. The first-order valence-corrected chi connectivity index (χ1v) is 9.24. The van der Waals surface area contributed by atoms with Gasteiger partial charge in [-0.1, -0.05) is 12.1 Å². The van der Waals surface area contributed by atoms with Crippen molar-refractivity contribution in [1.29, 1.82) is 0 Å². The van der Waals surface area contributed by atoms with Crippen LogP contribution in [-0.2, 0) is 0 Å². The Balaban J connectivity index is 1.73. The van der Waals surface area contributed by atoms with Crippen LogP contribution in [0.3, 0.4) is 0 Å². The molecule has 0 aliphatic carbocycles. The number of halogens is 1. The maximum absolute atomic E-state index is 14.6. The number of nitrogens with one attached hydrogen (secondary N) is 1. The molecule has 1 atom stereocenters. The van der Waals surface area contributed by atoms with Crippen LogP contribution in [0, 0.1) is 12.7 Å². The van der Waals surface area contributed by atoms with Gasteiger partial charge in [-0.05, 0) is 65.7 Å². The van der Waals surface area contributed by atoms with Crippen LogP contribution in [0.5, 0.6) is 0 Å². The molecule has 4 rings (SSSR count). The monoisotopic (exact) mass is 403 g/mol. The van der Waals surface area contributed by atoms with Gasteiger partial charge in [-0.2, -0.15) is 0 Å². The maximum Gasteiger partial charge on any atom is 0.251 e. The van der Waals surface area contributed by atoms with Gasteiger partial charge in [-0.3, -0.25) is 4.79 Å². The summed E-state index contributed by atoms with van der Waals surface area (Å²) in [6.45, 7) is 3.61. The van der Waals surface area contributed by atoms with Crippen LogP contribution >= 0.6 is 0 Å². The van der Waals surface area contributed by atoms with E-state index in [2.05, 4.69) is 30.8 Å². The minimum atomic E-state index is -0.407. The number of aryl methyl sites for hydroxylation is 1. The van der Waals surface area contributed by atoms with Crippen molar-refractivity contribution in [1.82, 2.24) is 35.5 Å². The fourth-order valence-electron chi connectivity index (χ4n) is 3.04. The van der Waals surface area contributed by atoms with Gasteiger partial charge in [0.25, 0.3) is 5.91 Å². The Kier molecular flexibility index (Phi) is 5.25. The Morgan fingerprint density at radius 2 is 1.93 bits per heavy atom. The summed E-state index contributed by atoms with van der Waals surface area (Å²) in [5.74, 6) is -0.229. The number of carbonyl (C=O) groups excluding carboxylic acids is 1. The highest BCUT2D eigenvalue weighted by molar-refractivity contribution is 5.96. The van der Waals surface area contributed by atoms with E-state index in [-0.39, 0.29) is 11.7 Å². The standard InChI is InChI=1S/C21H18FN7O/c1-13-4-5-18(19(22)8-13)15-9-16(11-17(10-15)29-12-25-27-28-29)21(30)26-14(2)20-23-6-3-7-24-20/h3-12,14H,1-2H3,(H,26,30). The third-order valence-electron chi connectivity index (χ3n) is 4.55. The molecule has 2 heterocycles. The Morgan fingerprint density at radius 1 is 1.13 bits per heavy atom. The molecule has 1 unspecified atom stereocenters. The summed E-state index contributed by atoms with van der Waals surface area (Å²) in [5.41, 5.74) is 2.59. The molecular weight excluding hydrogens is 385 g/mol. The van der Waals surface area contributed by atoms with Crippen molar-refractivity contribution in [3.05, 3.63) is 84.0 Å². The Labute approximate surface area is 171 Å². The number of benzene rings is 2. The number of carbonyl (C=O) groups is 1. The van der Waals surface area contributed by atoms with Gasteiger partial charge in [0.1, 0.15) is 18.0 Å². The quantitative estimate of drug-likeness (QED) is 0.550. The average Bonchev–Trinajstić information content (AvgIpc) is 3.29. The number of hydrogen-bond acceptors (Lipinski definition) is 6. The smallest absolute Gasteiger partial charge is 0.251 e. The van der Waals surface area contributed by atoms with E-state index in [1.807, 2.05) is 13.0 Å². The Bertz CT molecular complexity index is 1180. The average molecular weight is 403 g/mol. The van der Waals surface area contributed by atoms with Crippen molar-refractivity contribution in [3.63, 3.8) is 0 Å².